The van der Waals surface area contributed by atoms with Crippen LogP contribution in [0.5, 0.6) is 11.5 Å². The molecular formula is C24H26N2O6. The van der Waals surface area contributed by atoms with Gasteiger partial charge in [-0.25, -0.2) is 0 Å². The molecule has 2 aliphatic heterocycles. The van der Waals surface area contributed by atoms with E-state index >= 15 is 0 Å². The first kappa shape index (κ1) is 21.7. The summed E-state index contributed by atoms with van der Waals surface area (Å²) < 4.78 is 15.9. The number of aryl methyl sites for hydroxylation is 1. The number of esters is 1. The zero-order valence-corrected chi connectivity index (χ0v) is 18.1. The van der Waals surface area contributed by atoms with Gasteiger partial charge in [-0.15, -0.1) is 0 Å². The summed E-state index contributed by atoms with van der Waals surface area (Å²) in [7, 11) is 1.32. The summed E-state index contributed by atoms with van der Waals surface area (Å²) in [4.78, 5) is 39.2. The molecule has 4 rings (SSSR count). The van der Waals surface area contributed by atoms with Crippen LogP contribution in [-0.2, 0) is 19.1 Å². The van der Waals surface area contributed by atoms with Crippen LogP contribution in [-0.4, -0.2) is 44.7 Å². The zero-order chi connectivity index (χ0) is 22.7. The van der Waals surface area contributed by atoms with Crippen LogP contribution in [0.2, 0.25) is 0 Å². The zero-order valence-electron chi connectivity index (χ0n) is 18.1. The third-order valence-electron chi connectivity index (χ3n) is 5.73. The van der Waals surface area contributed by atoms with Crippen LogP contribution in [0.4, 0.5) is 5.69 Å². The van der Waals surface area contributed by atoms with E-state index in [0.29, 0.717) is 30.4 Å². The Morgan fingerprint density at radius 2 is 1.84 bits per heavy atom. The molecule has 0 spiro atoms. The minimum Gasteiger partial charge on any atom is -0.486 e. The van der Waals surface area contributed by atoms with Crippen LogP contribution in [0.1, 0.15) is 30.0 Å². The van der Waals surface area contributed by atoms with Gasteiger partial charge < -0.3 is 24.4 Å². The first-order chi connectivity index (χ1) is 15.4. The van der Waals surface area contributed by atoms with Crippen molar-refractivity contribution in [1.82, 2.24) is 5.32 Å². The second-order valence-electron chi connectivity index (χ2n) is 7.99. The number of nitrogens with zero attached hydrogens (tertiary/aromatic N) is 1. The number of carbonyl (C=O) groups is 3. The van der Waals surface area contributed by atoms with Crippen LogP contribution in [0.3, 0.4) is 0 Å². The fourth-order valence-corrected chi connectivity index (χ4v) is 3.92. The lowest BCUT2D eigenvalue weighted by Gasteiger charge is -2.23. The number of hydrogen-bond donors (Lipinski definition) is 1. The van der Waals surface area contributed by atoms with E-state index in [9.17, 15) is 14.4 Å². The largest absolute Gasteiger partial charge is 0.486 e. The number of benzene rings is 2. The van der Waals surface area contributed by atoms with E-state index < -0.39 is 17.9 Å². The fourth-order valence-electron chi connectivity index (χ4n) is 3.92. The van der Waals surface area contributed by atoms with Gasteiger partial charge >= 0.3 is 5.97 Å². The number of anilines is 1. The van der Waals surface area contributed by atoms with Crippen LogP contribution >= 0.6 is 0 Å². The summed E-state index contributed by atoms with van der Waals surface area (Å²) in [6.45, 7) is 3.17. The lowest BCUT2D eigenvalue weighted by Crippen LogP contribution is -2.36. The quantitative estimate of drug-likeness (QED) is 0.697. The van der Waals surface area contributed by atoms with E-state index in [1.807, 2.05) is 31.2 Å². The number of carbonyl (C=O) groups excluding carboxylic acids is 3. The van der Waals surface area contributed by atoms with Crippen molar-refractivity contribution in [1.29, 1.82) is 0 Å². The van der Waals surface area contributed by atoms with Gasteiger partial charge in [0.25, 0.3) is 0 Å². The smallest absolute Gasteiger partial charge is 0.307 e. The highest BCUT2D eigenvalue weighted by molar-refractivity contribution is 6.00. The molecule has 32 heavy (non-hydrogen) atoms. The average Bonchev–Trinajstić information content (AvgIpc) is 3.20. The molecular weight excluding hydrogens is 412 g/mol. The first-order valence-corrected chi connectivity index (χ1v) is 10.6. The molecule has 168 valence electrons. The molecule has 8 heteroatoms. The molecule has 0 saturated carbocycles. The predicted octanol–water partition coefficient (Wildman–Crippen LogP) is 2.54. The molecule has 0 aliphatic carbocycles. The number of fused-ring (bicyclic) bond motifs is 1. The first-order valence-electron chi connectivity index (χ1n) is 10.6. The third-order valence-corrected chi connectivity index (χ3v) is 5.73. The third kappa shape index (κ3) is 4.69. The van der Waals surface area contributed by atoms with Gasteiger partial charge in [0, 0.05) is 24.7 Å². The monoisotopic (exact) mass is 438 g/mol. The van der Waals surface area contributed by atoms with E-state index in [-0.39, 0.29) is 31.2 Å². The van der Waals surface area contributed by atoms with Crippen molar-refractivity contribution < 1.29 is 28.6 Å². The van der Waals surface area contributed by atoms with Gasteiger partial charge in [-0.1, -0.05) is 29.8 Å². The summed E-state index contributed by atoms with van der Waals surface area (Å²) in [5, 5.41) is 2.94. The van der Waals surface area contributed by atoms with E-state index in [4.69, 9.17) is 14.2 Å². The van der Waals surface area contributed by atoms with E-state index in [0.717, 1.165) is 11.1 Å². The molecule has 2 unspecified atom stereocenters. The van der Waals surface area contributed by atoms with Crippen molar-refractivity contribution in [3.63, 3.8) is 0 Å². The number of rotatable bonds is 6. The molecule has 2 aromatic rings. The van der Waals surface area contributed by atoms with Crippen molar-refractivity contribution in [3.05, 3.63) is 53.6 Å². The predicted molar refractivity (Wildman–Crippen MR) is 117 cm³/mol. The highest BCUT2D eigenvalue weighted by Gasteiger charge is 2.36. The summed E-state index contributed by atoms with van der Waals surface area (Å²) in [6.07, 6.45) is 0.108. The molecule has 2 aromatic carbocycles. The van der Waals surface area contributed by atoms with Crippen LogP contribution in [0, 0.1) is 12.8 Å². The topological polar surface area (TPSA) is 94.2 Å². The normalized spacial score (nSPS) is 18.2. The molecule has 2 atom stereocenters. The summed E-state index contributed by atoms with van der Waals surface area (Å²) in [6, 6.07) is 12.4. The summed E-state index contributed by atoms with van der Waals surface area (Å²) in [5.74, 6) is -0.121. The Balaban J connectivity index is 1.47. The Morgan fingerprint density at radius 1 is 1.12 bits per heavy atom. The Bertz CT molecular complexity index is 1020. The number of ether oxygens (including phenoxy) is 3. The highest BCUT2D eigenvalue weighted by Crippen LogP contribution is 2.36. The van der Waals surface area contributed by atoms with Gasteiger partial charge in [0.2, 0.25) is 11.8 Å². The Morgan fingerprint density at radius 3 is 2.56 bits per heavy atom. The molecule has 1 fully saturated rings. The number of amides is 2. The van der Waals surface area contributed by atoms with Gasteiger partial charge in [-0.2, -0.15) is 0 Å². The second-order valence-corrected chi connectivity index (χ2v) is 7.99. The lowest BCUT2D eigenvalue weighted by atomic mass is 10.0. The van der Waals surface area contributed by atoms with Crippen molar-refractivity contribution in [2.75, 3.05) is 31.8 Å². The van der Waals surface area contributed by atoms with E-state index in [1.54, 1.807) is 23.1 Å². The molecule has 0 bridgehead atoms. The number of methoxy groups -OCH3 is 1. The maximum atomic E-state index is 13.0. The average molecular weight is 438 g/mol. The van der Waals surface area contributed by atoms with Crippen LogP contribution in [0.15, 0.2) is 42.5 Å². The highest BCUT2D eigenvalue weighted by atomic mass is 16.6. The minimum atomic E-state index is -0.533. The summed E-state index contributed by atoms with van der Waals surface area (Å²) in [5.41, 5.74) is 2.55. The molecule has 8 nitrogen and oxygen atoms in total. The van der Waals surface area contributed by atoms with Crippen molar-refractivity contribution in [3.8, 4) is 11.5 Å². The van der Waals surface area contributed by atoms with Crippen LogP contribution in [0.25, 0.3) is 0 Å². The molecule has 1 N–H and O–H groups in total. The van der Waals surface area contributed by atoms with E-state index in [2.05, 4.69) is 5.32 Å². The SMILES string of the molecule is COC(=O)CC(NC(=O)C1CC(=O)N(c2ccc3c(c2)OCCO3)C1)c1ccc(C)cc1. The molecule has 2 aliphatic rings. The Hall–Kier alpha value is -3.55. The standard InChI is InChI=1S/C24H26N2O6/c1-15-3-5-16(6-4-15)19(13-23(28)30-2)25-24(29)17-11-22(27)26(14-17)18-7-8-20-21(12-18)32-10-9-31-20/h3-8,12,17,19H,9-11,13-14H2,1-2H3,(H,25,29). The Labute approximate surface area is 186 Å². The minimum absolute atomic E-state index is 0.0117. The molecule has 0 radical (unpaired) electrons. The van der Waals surface area contributed by atoms with Gasteiger partial charge in [-0.3, -0.25) is 14.4 Å². The van der Waals surface area contributed by atoms with E-state index in [1.165, 1.54) is 7.11 Å². The summed E-state index contributed by atoms with van der Waals surface area (Å²) >= 11 is 0. The molecule has 2 heterocycles. The van der Waals surface area contributed by atoms with Crippen molar-refractivity contribution in [2.24, 2.45) is 5.92 Å². The fraction of sp³-hybridized carbons (Fsp3) is 0.375. The van der Waals surface area contributed by atoms with Crippen molar-refractivity contribution >= 4 is 23.5 Å². The lowest BCUT2D eigenvalue weighted by molar-refractivity contribution is -0.141. The van der Waals surface area contributed by atoms with Gasteiger partial charge in [-0.05, 0) is 24.6 Å². The molecule has 0 aromatic heterocycles. The second kappa shape index (κ2) is 9.30. The van der Waals surface area contributed by atoms with Crippen molar-refractivity contribution in [2.45, 2.75) is 25.8 Å². The maximum absolute atomic E-state index is 13.0. The van der Waals surface area contributed by atoms with Gasteiger partial charge in [0.05, 0.1) is 25.5 Å². The van der Waals surface area contributed by atoms with Gasteiger partial charge in [0.15, 0.2) is 11.5 Å². The van der Waals surface area contributed by atoms with Gasteiger partial charge in [0.1, 0.15) is 13.2 Å². The number of nitrogens with one attached hydrogen (secondary N) is 1. The molecule has 2 amide bonds. The number of hydrogen-bond acceptors (Lipinski definition) is 6. The molecule has 1 saturated heterocycles. The Kier molecular flexibility index (Phi) is 6.30. The van der Waals surface area contributed by atoms with Crippen LogP contribution < -0.4 is 19.7 Å². The maximum Gasteiger partial charge on any atom is 0.307 e.